The number of fused-ring (bicyclic) bond motifs is 1. The van der Waals surface area contributed by atoms with Crippen LogP contribution in [0.3, 0.4) is 0 Å². The molecule has 1 unspecified atom stereocenters. The van der Waals surface area contributed by atoms with Gasteiger partial charge in [-0.3, -0.25) is 0 Å². The lowest BCUT2D eigenvalue weighted by molar-refractivity contribution is 0.356. The first kappa shape index (κ1) is 8.97. The minimum Gasteiger partial charge on any atom is -0.493 e. The van der Waals surface area contributed by atoms with Crippen LogP contribution in [0.1, 0.15) is 24.1 Å². The lowest BCUT2D eigenvalue weighted by Gasteiger charge is -2.06. The van der Waals surface area contributed by atoms with Crippen LogP contribution >= 0.6 is 0 Å². The van der Waals surface area contributed by atoms with E-state index in [1.807, 2.05) is 25.1 Å². The van der Waals surface area contributed by atoms with Crippen LogP contribution < -0.4 is 4.74 Å². The molecule has 1 aliphatic rings. The molecule has 1 aliphatic heterocycles. The Kier molecular flexibility index (Phi) is 2.33. The molecule has 0 amide bonds. The van der Waals surface area contributed by atoms with Gasteiger partial charge in [-0.2, -0.15) is 4.99 Å². The molecule has 0 aliphatic carbocycles. The highest BCUT2D eigenvalue weighted by Crippen LogP contribution is 2.29. The summed E-state index contributed by atoms with van der Waals surface area (Å²) in [4.78, 5) is 13.8. The summed E-state index contributed by atoms with van der Waals surface area (Å²) in [6, 6.07) is 5.84. The standard InChI is InChI=1S/C11H11NO2/c1-8(12-7-13)10-3-2-9-4-5-14-11(9)6-10/h2-3,6,8H,4-5H2,1H3. The van der Waals surface area contributed by atoms with E-state index in [0.717, 1.165) is 24.3 Å². The number of carbonyl (C=O) groups excluding carboxylic acids is 1. The molecule has 1 aromatic rings. The average molecular weight is 189 g/mol. The molecule has 1 atom stereocenters. The molecule has 0 fully saturated rings. The van der Waals surface area contributed by atoms with Crippen molar-refractivity contribution in [2.45, 2.75) is 19.4 Å². The minimum absolute atomic E-state index is 0.137. The van der Waals surface area contributed by atoms with Gasteiger partial charge in [-0.05, 0) is 24.1 Å². The van der Waals surface area contributed by atoms with Gasteiger partial charge in [0.1, 0.15) is 5.75 Å². The predicted octanol–water partition coefficient (Wildman–Crippen LogP) is 2.02. The van der Waals surface area contributed by atoms with Gasteiger partial charge in [-0.15, -0.1) is 0 Å². The Morgan fingerprint density at radius 2 is 2.43 bits per heavy atom. The van der Waals surface area contributed by atoms with Crippen molar-refractivity contribution in [3.05, 3.63) is 29.3 Å². The predicted molar refractivity (Wildman–Crippen MR) is 52.2 cm³/mol. The fraction of sp³-hybridized carbons (Fsp3) is 0.364. The second kappa shape index (κ2) is 3.64. The Morgan fingerprint density at radius 3 is 3.21 bits per heavy atom. The Morgan fingerprint density at radius 1 is 1.57 bits per heavy atom. The molecule has 2 rings (SSSR count). The summed E-state index contributed by atoms with van der Waals surface area (Å²) >= 11 is 0. The number of isocyanates is 1. The first-order valence-corrected chi connectivity index (χ1v) is 4.64. The third-order valence-corrected chi connectivity index (χ3v) is 2.45. The smallest absolute Gasteiger partial charge is 0.235 e. The number of hydrogen-bond acceptors (Lipinski definition) is 3. The second-order valence-electron chi connectivity index (χ2n) is 3.36. The Hall–Kier alpha value is -1.60. The van der Waals surface area contributed by atoms with E-state index < -0.39 is 0 Å². The van der Waals surface area contributed by atoms with Gasteiger partial charge in [-0.1, -0.05) is 12.1 Å². The lowest BCUT2D eigenvalue weighted by atomic mass is 10.1. The average Bonchev–Trinajstić information content (AvgIpc) is 2.64. The molecule has 0 radical (unpaired) electrons. The normalized spacial score (nSPS) is 15.2. The van der Waals surface area contributed by atoms with Gasteiger partial charge in [0.2, 0.25) is 6.08 Å². The minimum atomic E-state index is -0.137. The van der Waals surface area contributed by atoms with Crippen molar-refractivity contribution in [2.24, 2.45) is 4.99 Å². The monoisotopic (exact) mass is 189 g/mol. The van der Waals surface area contributed by atoms with Crippen LogP contribution in [0.2, 0.25) is 0 Å². The Labute approximate surface area is 82.4 Å². The maximum absolute atomic E-state index is 10.1. The third-order valence-electron chi connectivity index (χ3n) is 2.45. The fourth-order valence-electron chi connectivity index (χ4n) is 1.60. The van der Waals surface area contributed by atoms with Crippen LogP contribution in [-0.2, 0) is 11.2 Å². The second-order valence-corrected chi connectivity index (χ2v) is 3.36. The zero-order valence-corrected chi connectivity index (χ0v) is 7.99. The third kappa shape index (κ3) is 1.54. The zero-order chi connectivity index (χ0) is 9.97. The zero-order valence-electron chi connectivity index (χ0n) is 7.99. The largest absolute Gasteiger partial charge is 0.493 e. The van der Waals surface area contributed by atoms with Gasteiger partial charge in [0.05, 0.1) is 12.6 Å². The van der Waals surface area contributed by atoms with Gasteiger partial charge < -0.3 is 4.74 Å². The Balaban J connectivity index is 2.32. The molecule has 3 heteroatoms. The summed E-state index contributed by atoms with van der Waals surface area (Å²) in [6.45, 7) is 2.62. The van der Waals surface area contributed by atoms with E-state index in [1.54, 1.807) is 6.08 Å². The fourth-order valence-corrected chi connectivity index (χ4v) is 1.60. The van der Waals surface area contributed by atoms with E-state index in [2.05, 4.69) is 4.99 Å². The van der Waals surface area contributed by atoms with Crippen LogP contribution in [0.25, 0.3) is 0 Å². The molecule has 3 nitrogen and oxygen atoms in total. The van der Waals surface area contributed by atoms with Crippen LogP contribution in [0.15, 0.2) is 23.2 Å². The number of rotatable bonds is 2. The molecule has 0 aromatic heterocycles. The first-order chi connectivity index (χ1) is 6.81. The van der Waals surface area contributed by atoms with Gasteiger partial charge in [0.25, 0.3) is 0 Å². The van der Waals surface area contributed by atoms with Gasteiger partial charge in [0, 0.05) is 6.42 Å². The molecule has 0 bridgehead atoms. The van der Waals surface area contributed by atoms with Crippen molar-refractivity contribution in [3.63, 3.8) is 0 Å². The van der Waals surface area contributed by atoms with Gasteiger partial charge in [0.15, 0.2) is 0 Å². The highest BCUT2D eigenvalue weighted by molar-refractivity contribution is 5.42. The van der Waals surface area contributed by atoms with E-state index in [9.17, 15) is 4.79 Å². The lowest BCUT2D eigenvalue weighted by Crippen LogP contribution is -1.90. The van der Waals surface area contributed by atoms with Gasteiger partial charge >= 0.3 is 0 Å². The van der Waals surface area contributed by atoms with E-state index in [1.165, 1.54) is 5.56 Å². The topological polar surface area (TPSA) is 38.7 Å². The van der Waals surface area contributed by atoms with Crippen LogP contribution in [0.5, 0.6) is 5.75 Å². The van der Waals surface area contributed by atoms with Crippen LogP contribution in [-0.4, -0.2) is 12.7 Å². The number of nitrogens with zero attached hydrogens (tertiary/aromatic N) is 1. The summed E-state index contributed by atoms with van der Waals surface area (Å²) in [5.74, 6) is 0.926. The molecule has 0 saturated heterocycles. The van der Waals surface area contributed by atoms with Crippen molar-refractivity contribution < 1.29 is 9.53 Å². The molecular formula is C11H11NO2. The van der Waals surface area contributed by atoms with Crippen molar-refractivity contribution in [1.29, 1.82) is 0 Å². The van der Waals surface area contributed by atoms with E-state index >= 15 is 0 Å². The summed E-state index contributed by atoms with van der Waals surface area (Å²) in [5.41, 5.74) is 2.23. The van der Waals surface area contributed by atoms with E-state index in [4.69, 9.17) is 4.74 Å². The number of aliphatic imine (C=N–C) groups is 1. The van der Waals surface area contributed by atoms with Crippen LogP contribution in [0, 0.1) is 0 Å². The first-order valence-electron chi connectivity index (χ1n) is 4.64. The molecule has 1 heterocycles. The highest BCUT2D eigenvalue weighted by Gasteiger charge is 2.13. The van der Waals surface area contributed by atoms with Crippen molar-refractivity contribution in [2.75, 3.05) is 6.61 Å². The summed E-state index contributed by atoms with van der Waals surface area (Å²) in [5, 5.41) is 0. The van der Waals surface area contributed by atoms with Gasteiger partial charge in [-0.25, -0.2) is 4.79 Å². The van der Waals surface area contributed by atoms with E-state index in [0.29, 0.717) is 0 Å². The molecule has 0 saturated carbocycles. The highest BCUT2D eigenvalue weighted by atomic mass is 16.5. The summed E-state index contributed by atoms with van der Waals surface area (Å²) in [7, 11) is 0. The Bertz CT molecular complexity index is 394. The number of benzene rings is 1. The molecule has 0 N–H and O–H groups in total. The van der Waals surface area contributed by atoms with Crippen molar-refractivity contribution in [1.82, 2.24) is 0 Å². The molecule has 14 heavy (non-hydrogen) atoms. The van der Waals surface area contributed by atoms with Crippen molar-refractivity contribution in [3.8, 4) is 5.75 Å². The summed E-state index contributed by atoms with van der Waals surface area (Å²) in [6.07, 6.45) is 2.54. The van der Waals surface area contributed by atoms with Crippen molar-refractivity contribution >= 4 is 6.08 Å². The molecule has 1 aromatic carbocycles. The molecule has 0 spiro atoms. The molecule has 72 valence electrons. The molecular weight excluding hydrogens is 178 g/mol. The quantitative estimate of drug-likeness (QED) is 0.527. The number of hydrogen-bond donors (Lipinski definition) is 0. The van der Waals surface area contributed by atoms with E-state index in [-0.39, 0.29) is 6.04 Å². The maximum Gasteiger partial charge on any atom is 0.235 e. The summed E-state index contributed by atoms with van der Waals surface area (Å²) < 4.78 is 5.43. The number of ether oxygens (including phenoxy) is 1. The SMILES string of the molecule is CC(N=C=O)c1ccc2c(c1)OCC2. The van der Waals surface area contributed by atoms with Crippen LogP contribution in [0.4, 0.5) is 0 Å². The maximum atomic E-state index is 10.1.